The molecule has 0 aliphatic carbocycles. The molecule has 0 aliphatic heterocycles. The van der Waals surface area contributed by atoms with Crippen molar-refractivity contribution in [1.82, 2.24) is 0 Å². The number of esters is 4. The zero-order valence-electron chi connectivity index (χ0n) is 55.1. The summed E-state index contributed by atoms with van der Waals surface area (Å²) in [6.07, 6.45) is 39.0. The van der Waals surface area contributed by atoms with Gasteiger partial charge in [-0.15, -0.1) is 0 Å². The van der Waals surface area contributed by atoms with Crippen molar-refractivity contribution in [2.45, 2.75) is 343 Å². The van der Waals surface area contributed by atoms with Crippen LogP contribution in [0.1, 0.15) is 325 Å². The van der Waals surface area contributed by atoms with Gasteiger partial charge in [-0.05, 0) is 43.4 Å². The highest BCUT2D eigenvalue weighted by molar-refractivity contribution is 7.47. The van der Waals surface area contributed by atoms with Crippen LogP contribution in [0.4, 0.5) is 0 Å². The summed E-state index contributed by atoms with van der Waals surface area (Å²) in [7, 11) is -9.89. The van der Waals surface area contributed by atoms with Crippen LogP contribution in [-0.4, -0.2) is 96.7 Å². The Balaban J connectivity index is 5.25. The van der Waals surface area contributed by atoms with Crippen LogP contribution in [0.15, 0.2) is 0 Å². The molecule has 6 atom stereocenters. The minimum Gasteiger partial charge on any atom is -0.462 e. The fraction of sp³-hybridized carbons (Fsp3) is 0.939. The zero-order chi connectivity index (χ0) is 63.1. The van der Waals surface area contributed by atoms with Crippen molar-refractivity contribution in [3.63, 3.8) is 0 Å². The van der Waals surface area contributed by atoms with E-state index in [1.165, 1.54) is 128 Å². The van der Waals surface area contributed by atoms with E-state index >= 15 is 0 Å². The highest BCUT2D eigenvalue weighted by Gasteiger charge is 2.30. The Hall–Kier alpha value is -1.94. The second-order valence-corrected chi connectivity index (χ2v) is 28.0. The summed E-state index contributed by atoms with van der Waals surface area (Å²) in [5.74, 6) is 0.0428. The van der Waals surface area contributed by atoms with E-state index in [0.717, 1.165) is 102 Å². The second-order valence-electron chi connectivity index (χ2n) is 25.1. The van der Waals surface area contributed by atoms with Gasteiger partial charge in [-0.1, -0.05) is 273 Å². The van der Waals surface area contributed by atoms with E-state index in [-0.39, 0.29) is 25.7 Å². The molecule has 0 heterocycles. The Morgan fingerprint density at radius 2 is 0.600 bits per heavy atom. The molecule has 0 aliphatic rings. The van der Waals surface area contributed by atoms with Crippen molar-refractivity contribution >= 4 is 39.5 Å². The molecule has 504 valence electrons. The molecular weight excluding hydrogens is 1130 g/mol. The van der Waals surface area contributed by atoms with Crippen LogP contribution in [0.3, 0.4) is 0 Å². The molecule has 19 heteroatoms. The first-order chi connectivity index (χ1) is 40.8. The average molecular weight is 1260 g/mol. The van der Waals surface area contributed by atoms with Crippen molar-refractivity contribution < 1.29 is 80.2 Å². The van der Waals surface area contributed by atoms with E-state index in [0.29, 0.717) is 37.5 Å². The summed E-state index contributed by atoms with van der Waals surface area (Å²) in [4.78, 5) is 72.3. The number of aliphatic hydroxyl groups is 1. The number of unbranched alkanes of at least 4 members (excludes halogenated alkanes) is 31. The van der Waals surface area contributed by atoms with E-state index in [1.807, 2.05) is 0 Å². The normalized spacial score (nSPS) is 14.6. The first-order valence-electron chi connectivity index (χ1n) is 34.4. The zero-order valence-corrected chi connectivity index (χ0v) is 56.9. The minimum atomic E-state index is -4.95. The Morgan fingerprint density at radius 3 is 0.894 bits per heavy atom. The molecule has 0 bridgehead atoms. The van der Waals surface area contributed by atoms with E-state index in [1.54, 1.807) is 0 Å². The molecule has 3 N–H and O–H groups in total. The number of rotatable bonds is 64. The van der Waals surface area contributed by atoms with Crippen molar-refractivity contribution in [3.05, 3.63) is 0 Å². The fourth-order valence-electron chi connectivity index (χ4n) is 9.80. The van der Waals surface area contributed by atoms with Crippen LogP contribution < -0.4 is 0 Å². The lowest BCUT2D eigenvalue weighted by Crippen LogP contribution is -2.30. The van der Waals surface area contributed by atoms with Gasteiger partial charge in [-0.25, -0.2) is 9.13 Å². The molecule has 0 fully saturated rings. The van der Waals surface area contributed by atoms with Crippen LogP contribution in [0, 0.1) is 17.8 Å². The summed E-state index contributed by atoms with van der Waals surface area (Å²) < 4.78 is 68.1. The van der Waals surface area contributed by atoms with Crippen LogP contribution in [0.2, 0.25) is 0 Å². The average Bonchev–Trinajstić information content (AvgIpc) is 3.55. The summed E-state index contributed by atoms with van der Waals surface area (Å²) in [6, 6.07) is 0. The molecule has 0 rings (SSSR count). The molecular formula is C66H128O17P2. The monoisotopic (exact) mass is 1250 g/mol. The molecule has 0 radical (unpaired) electrons. The topological polar surface area (TPSA) is 237 Å². The number of phosphoric ester groups is 2. The number of phosphoric acid groups is 2. The van der Waals surface area contributed by atoms with Gasteiger partial charge < -0.3 is 33.8 Å². The quantitative estimate of drug-likeness (QED) is 0.0222. The first-order valence-corrected chi connectivity index (χ1v) is 37.4. The number of hydrogen-bond acceptors (Lipinski definition) is 15. The number of aliphatic hydroxyl groups excluding tert-OH is 1. The third-order valence-electron chi connectivity index (χ3n) is 15.5. The summed E-state index contributed by atoms with van der Waals surface area (Å²) in [6.45, 7) is 11.7. The van der Waals surface area contributed by atoms with E-state index in [9.17, 15) is 43.2 Å². The van der Waals surface area contributed by atoms with Gasteiger partial charge in [0.1, 0.15) is 19.3 Å². The third-order valence-corrected chi connectivity index (χ3v) is 17.4. The molecule has 0 saturated carbocycles. The van der Waals surface area contributed by atoms with E-state index < -0.39 is 97.5 Å². The second kappa shape index (κ2) is 57.2. The molecule has 3 unspecified atom stereocenters. The van der Waals surface area contributed by atoms with Gasteiger partial charge in [0.25, 0.3) is 0 Å². The summed E-state index contributed by atoms with van der Waals surface area (Å²) in [5.41, 5.74) is 0. The van der Waals surface area contributed by atoms with Gasteiger partial charge in [0.15, 0.2) is 12.2 Å². The summed E-state index contributed by atoms with van der Waals surface area (Å²) in [5, 5.41) is 10.5. The maximum Gasteiger partial charge on any atom is 0.472 e. The lowest BCUT2D eigenvalue weighted by Gasteiger charge is -2.21. The predicted octanol–water partition coefficient (Wildman–Crippen LogP) is 18.3. The molecule has 0 aromatic carbocycles. The molecule has 0 amide bonds. The standard InChI is InChI=1S/C66H128O17P2/c1-8-10-11-12-13-14-15-16-20-25-33-40-47-63(68)76-53-61(82-65(70)49-42-35-26-21-18-17-19-24-32-39-46-59(7)9-2)55-80-84(72,73)78-51-60(67)52-79-85(74,75)81-56-62(54-77-64(69)48-41-34-29-28-31-38-45-58(5)6)83-66(71)50-43-36-27-22-23-30-37-44-57(3)4/h57-62,67H,8-56H2,1-7H3,(H,72,73)(H,74,75)/t59?,60-,61-,62-/m1/s1. The fourth-order valence-corrected chi connectivity index (χ4v) is 11.4. The van der Waals surface area contributed by atoms with Crippen LogP contribution in [-0.2, 0) is 65.4 Å². The van der Waals surface area contributed by atoms with Gasteiger partial charge in [-0.2, -0.15) is 0 Å². The number of carbonyl (C=O) groups excluding carboxylic acids is 4. The van der Waals surface area contributed by atoms with Crippen molar-refractivity contribution in [2.75, 3.05) is 39.6 Å². The van der Waals surface area contributed by atoms with Gasteiger partial charge in [0.2, 0.25) is 0 Å². The Kier molecular flexibility index (Phi) is 55.9. The molecule has 0 aromatic heterocycles. The van der Waals surface area contributed by atoms with Crippen molar-refractivity contribution in [2.24, 2.45) is 17.8 Å². The highest BCUT2D eigenvalue weighted by atomic mass is 31.2. The van der Waals surface area contributed by atoms with Gasteiger partial charge >= 0.3 is 39.5 Å². The summed E-state index contributed by atoms with van der Waals surface area (Å²) >= 11 is 0. The van der Waals surface area contributed by atoms with E-state index in [2.05, 4.69) is 48.5 Å². The van der Waals surface area contributed by atoms with Gasteiger partial charge in [0, 0.05) is 25.7 Å². The van der Waals surface area contributed by atoms with Crippen LogP contribution in [0.25, 0.3) is 0 Å². The van der Waals surface area contributed by atoms with Crippen molar-refractivity contribution in [3.8, 4) is 0 Å². The molecule has 0 saturated heterocycles. The van der Waals surface area contributed by atoms with Gasteiger partial charge in [-0.3, -0.25) is 37.3 Å². The molecule has 17 nitrogen and oxygen atoms in total. The third kappa shape index (κ3) is 59.5. The maximum absolute atomic E-state index is 13.0. The van der Waals surface area contributed by atoms with Crippen LogP contribution >= 0.6 is 15.6 Å². The smallest absolute Gasteiger partial charge is 0.462 e. The largest absolute Gasteiger partial charge is 0.472 e. The lowest BCUT2D eigenvalue weighted by molar-refractivity contribution is -0.161. The number of ether oxygens (including phenoxy) is 4. The van der Waals surface area contributed by atoms with Crippen molar-refractivity contribution in [1.29, 1.82) is 0 Å². The lowest BCUT2D eigenvalue weighted by atomic mass is 9.99. The Morgan fingerprint density at radius 1 is 0.341 bits per heavy atom. The van der Waals surface area contributed by atoms with Gasteiger partial charge in [0.05, 0.1) is 26.4 Å². The Labute approximate surface area is 517 Å². The minimum absolute atomic E-state index is 0.102. The molecule has 85 heavy (non-hydrogen) atoms. The maximum atomic E-state index is 13.0. The number of hydrogen-bond donors (Lipinski definition) is 3. The highest BCUT2D eigenvalue weighted by Crippen LogP contribution is 2.45. The predicted molar refractivity (Wildman–Crippen MR) is 340 cm³/mol. The Bertz CT molecular complexity index is 1680. The van der Waals surface area contributed by atoms with Crippen LogP contribution in [0.5, 0.6) is 0 Å². The SMILES string of the molecule is CCCCCCCCCCCCCCC(=O)OC[C@H](COP(=O)(O)OC[C@@H](O)COP(=O)(O)OC[C@@H](COC(=O)CCCCCCCCC(C)C)OC(=O)CCCCCCCCCC(C)C)OC(=O)CCCCCCCCCCCCC(C)CC. The first kappa shape index (κ1) is 83.1. The molecule has 0 spiro atoms. The molecule has 0 aromatic rings. The van der Waals surface area contributed by atoms with E-state index in [4.69, 9.17) is 37.0 Å². The number of carbonyl (C=O) groups is 4.